The van der Waals surface area contributed by atoms with Crippen molar-refractivity contribution in [3.63, 3.8) is 0 Å². The average Bonchev–Trinajstić information content (AvgIpc) is 3.37. The summed E-state index contributed by atoms with van der Waals surface area (Å²) in [5, 5.41) is 6.49. The molecule has 0 saturated heterocycles. The molecule has 156 valence electrons. The molecular weight excluding hydrogens is 406 g/mol. The molecule has 0 amide bonds. The first kappa shape index (κ1) is 22.4. The maximum atomic E-state index is 6.05. The van der Waals surface area contributed by atoms with E-state index < -0.39 is 0 Å². The van der Waals surface area contributed by atoms with Gasteiger partial charge in [0.1, 0.15) is 12.4 Å². The van der Waals surface area contributed by atoms with Gasteiger partial charge in [-0.05, 0) is 91.0 Å². The first-order valence-corrected chi connectivity index (χ1v) is 11.9. The molecule has 0 N–H and O–H groups in total. The summed E-state index contributed by atoms with van der Waals surface area (Å²) in [6.45, 7) is 8.70. The van der Waals surface area contributed by atoms with Gasteiger partial charge in [-0.3, -0.25) is 4.90 Å². The molecule has 3 aromatic rings. The molecular formula is C26H29NOS2. The van der Waals surface area contributed by atoms with E-state index in [9.17, 15) is 0 Å². The van der Waals surface area contributed by atoms with E-state index in [1.54, 1.807) is 22.7 Å². The van der Waals surface area contributed by atoms with Gasteiger partial charge in [-0.1, -0.05) is 30.0 Å². The highest BCUT2D eigenvalue weighted by Gasteiger charge is 2.05. The highest BCUT2D eigenvalue weighted by molar-refractivity contribution is 7.10. The molecule has 2 nitrogen and oxygen atoms in total. The Bertz CT molecular complexity index is 1010. The minimum absolute atomic E-state index is 0.0469. The zero-order chi connectivity index (χ0) is 21.4. The summed E-state index contributed by atoms with van der Waals surface area (Å²) in [6.07, 6.45) is 4.06. The molecule has 0 fully saturated rings. The van der Waals surface area contributed by atoms with E-state index in [0.717, 1.165) is 18.8 Å². The number of thiophene rings is 2. The van der Waals surface area contributed by atoms with Crippen LogP contribution < -0.4 is 4.74 Å². The number of hydrogen-bond donors (Lipinski definition) is 0. The van der Waals surface area contributed by atoms with Crippen molar-refractivity contribution in [1.29, 1.82) is 0 Å². The van der Waals surface area contributed by atoms with Crippen LogP contribution in [0.5, 0.6) is 5.75 Å². The fourth-order valence-corrected chi connectivity index (χ4v) is 4.32. The third-order valence-corrected chi connectivity index (χ3v) is 5.90. The monoisotopic (exact) mass is 435 g/mol. The molecule has 0 radical (unpaired) electrons. The molecule has 1 aromatic carbocycles. The molecule has 0 aliphatic heterocycles. The SMILES string of the molecule is CN(CC=CC#CC(C)(C)C)Cc1cccc(OCc2cc(-c3ccsc3)cs2)c1. The van der Waals surface area contributed by atoms with Gasteiger partial charge in [-0.25, -0.2) is 0 Å². The minimum Gasteiger partial charge on any atom is -0.488 e. The molecule has 0 aliphatic carbocycles. The van der Waals surface area contributed by atoms with Crippen molar-refractivity contribution in [3.05, 3.63) is 75.1 Å². The Morgan fingerprint density at radius 3 is 2.73 bits per heavy atom. The van der Waals surface area contributed by atoms with Crippen LogP contribution >= 0.6 is 22.7 Å². The van der Waals surface area contributed by atoms with Crippen LogP contribution in [-0.2, 0) is 13.2 Å². The number of benzene rings is 1. The quantitative estimate of drug-likeness (QED) is 0.350. The summed E-state index contributed by atoms with van der Waals surface area (Å²) >= 11 is 3.48. The van der Waals surface area contributed by atoms with Crippen molar-refractivity contribution in [2.24, 2.45) is 5.41 Å². The molecule has 0 bridgehead atoms. The van der Waals surface area contributed by atoms with Crippen molar-refractivity contribution in [2.45, 2.75) is 33.9 Å². The maximum Gasteiger partial charge on any atom is 0.122 e. The van der Waals surface area contributed by atoms with Crippen molar-refractivity contribution in [3.8, 4) is 28.7 Å². The van der Waals surface area contributed by atoms with E-state index in [-0.39, 0.29) is 5.41 Å². The third-order valence-electron chi connectivity index (χ3n) is 4.31. The van der Waals surface area contributed by atoms with Crippen LogP contribution in [0, 0.1) is 17.3 Å². The van der Waals surface area contributed by atoms with Crippen LogP contribution in [-0.4, -0.2) is 18.5 Å². The van der Waals surface area contributed by atoms with E-state index in [1.807, 2.05) is 12.1 Å². The molecule has 2 aromatic heterocycles. The molecule has 3 rings (SSSR count). The van der Waals surface area contributed by atoms with Crippen LogP contribution in [0.25, 0.3) is 11.1 Å². The predicted octanol–water partition coefficient (Wildman–Crippen LogP) is 7.09. The van der Waals surface area contributed by atoms with Gasteiger partial charge in [0.05, 0.1) is 0 Å². The van der Waals surface area contributed by atoms with E-state index in [2.05, 4.69) is 97.1 Å². The summed E-state index contributed by atoms with van der Waals surface area (Å²) in [6, 6.07) is 12.7. The van der Waals surface area contributed by atoms with Crippen molar-refractivity contribution in [1.82, 2.24) is 4.90 Å². The molecule has 0 aliphatic rings. The van der Waals surface area contributed by atoms with Gasteiger partial charge in [0.2, 0.25) is 0 Å². The summed E-state index contributed by atoms with van der Waals surface area (Å²) in [5.41, 5.74) is 3.85. The van der Waals surface area contributed by atoms with Crippen molar-refractivity contribution >= 4 is 22.7 Å². The van der Waals surface area contributed by atoms with E-state index in [1.165, 1.54) is 21.6 Å². The Labute approximate surface area is 188 Å². The lowest BCUT2D eigenvalue weighted by molar-refractivity contribution is 0.308. The maximum absolute atomic E-state index is 6.05. The molecule has 30 heavy (non-hydrogen) atoms. The first-order chi connectivity index (χ1) is 14.4. The summed E-state index contributed by atoms with van der Waals surface area (Å²) < 4.78 is 6.05. The highest BCUT2D eigenvalue weighted by Crippen LogP contribution is 2.28. The van der Waals surface area contributed by atoms with Crippen molar-refractivity contribution in [2.75, 3.05) is 13.6 Å². The van der Waals surface area contributed by atoms with Gasteiger partial charge in [0, 0.05) is 23.4 Å². The minimum atomic E-state index is 0.0469. The Kier molecular flexibility index (Phi) is 7.93. The first-order valence-electron chi connectivity index (χ1n) is 10.1. The van der Waals surface area contributed by atoms with Gasteiger partial charge in [0.25, 0.3) is 0 Å². The number of hydrogen-bond acceptors (Lipinski definition) is 4. The summed E-state index contributed by atoms with van der Waals surface area (Å²) in [5.74, 6) is 7.25. The fourth-order valence-electron chi connectivity index (χ4n) is 2.85. The average molecular weight is 436 g/mol. The largest absolute Gasteiger partial charge is 0.488 e. The molecule has 0 atom stereocenters. The Morgan fingerprint density at radius 1 is 1.10 bits per heavy atom. The molecule has 0 spiro atoms. The van der Waals surface area contributed by atoms with E-state index in [0.29, 0.717) is 6.61 Å². The molecule has 2 heterocycles. The second-order valence-corrected chi connectivity index (χ2v) is 10.1. The Morgan fingerprint density at radius 2 is 1.97 bits per heavy atom. The van der Waals surface area contributed by atoms with E-state index in [4.69, 9.17) is 4.74 Å². The Hall–Kier alpha value is -2.32. The predicted molar refractivity (Wildman–Crippen MR) is 131 cm³/mol. The Balaban J connectivity index is 1.49. The zero-order valence-corrected chi connectivity index (χ0v) is 19.8. The molecule has 4 heteroatoms. The standard InChI is InChI=1S/C26H29NOS2/c1-26(2,3)12-6-5-7-13-27(4)17-21-9-8-10-24(15-21)28-18-25-16-23(20-30-25)22-11-14-29-19-22/h5,7-11,14-16,19-20H,13,17-18H2,1-4H3. The van der Waals surface area contributed by atoms with Gasteiger partial charge in [-0.2, -0.15) is 11.3 Å². The topological polar surface area (TPSA) is 12.5 Å². The van der Waals surface area contributed by atoms with Crippen molar-refractivity contribution < 1.29 is 4.74 Å². The third kappa shape index (κ3) is 7.50. The summed E-state index contributed by atoms with van der Waals surface area (Å²) in [4.78, 5) is 3.50. The summed E-state index contributed by atoms with van der Waals surface area (Å²) in [7, 11) is 2.12. The second kappa shape index (κ2) is 10.6. The van der Waals surface area contributed by atoms with Gasteiger partial charge < -0.3 is 4.74 Å². The normalized spacial score (nSPS) is 11.6. The van der Waals surface area contributed by atoms with Crippen LogP contribution in [0.3, 0.4) is 0 Å². The highest BCUT2D eigenvalue weighted by atomic mass is 32.1. The van der Waals surface area contributed by atoms with Gasteiger partial charge in [0.15, 0.2) is 0 Å². The number of likely N-dealkylation sites (N-methyl/N-ethyl adjacent to an activating group) is 1. The lowest BCUT2D eigenvalue weighted by Crippen LogP contribution is -2.17. The van der Waals surface area contributed by atoms with Crippen LogP contribution in [0.1, 0.15) is 31.2 Å². The van der Waals surface area contributed by atoms with Gasteiger partial charge in [-0.15, -0.1) is 11.3 Å². The number of nitrogens with zero attached hydrogens (tertiary/aromatic N) is 1. The smallest absolute Gasteiger partial charge is 0.122 e. The van der Waals surface area contributed by atoms with Crippen LogP contribution in [0.15, 0.2) is 64.7 Å². The van der Waals surface area contributed by atoms with Crippen LogP contribution in [0.2, 0.25) is 0 Å². The fraction of sp³-hybridized carbons (Fsp3) is 0.308. The van der Waals surface area contributed by atoms with Crippen LogP contribution in [0.4, 0.5) is 0 Å². The zero-order valence-electron chi connectivity index (χ0n) is 18.1. The van der Waals surface area contributed by atoms with E-state index >= 15 is 0 Å². The second-order valence-electron chi connectivity index (χ2n) is 8.37. The molecule has 0 saturated carbocycles. The number of allylic oxidation sites excluding steroid dienone is 1. The number of rotatable bonds is 8. The van der Waals surface area contributed by atoms with Gasteiger partial charge >= 0.3 is 0 Å². The number of ether oxygens (including phenoxy) is 1. The molecule has 0 unspecified atom stereocenters. The lowest BCUT2D eigenvalue weighted by Gasteiger charge is -2.15. The lowest BCUT2D eigenvalue weighted by atomic mass is 9.98.